The summed E-state index contributed by atoms with van der Waals surface area (Å²) in [6.45, 7) is 5.62. The zero-order valence-electron chi connectivity index (χ0n) is 30.2. The molecule has 5 aromatic rings. The molecule has 4 N–H and O–H groups in total. The molecule has 12 nitrogen and oxygen atoms in total. The van der Waals surface area contributed by atoms with E-state index in [9.17, 15) is 9.59 Å². The maximum Gasteiger partial charge on any atom is 0.254 e. The number of methoxy groups -OCH3 is 1. The van der Waals surface area contributed by atoms with E-state index < -0.39 is 17.2 Å². The third-order valence-corrected chi connectivity index (χ3v) is 9.73. The second-order valence-electron chi connectivity index (χ2n) is 13.5. The number of ether oxygens (including phenoxy) is 5. The van der Waals surface area contributed by atoms with E-state index in [0.717, 1.165) is 24.0 Å². The molecule has 1 atom stereocenters. The topological polar surface area (TPSA) is 163 Å². The van der Waals surface area contributed by atoms with E-state index in [1.165, 1.54) is 12.3 Å². The van der Waals surface area contributed by atoms with E-state index in [4.69, 9.17) is 35.2 Å². The van der Waals surface area contributed by atoms with Gasteiger partial charge in [0.25, 0.3) is 5.91 Å². The molecule has 2 aliphatic heterocycles. The van der Waals surface area contributed by atoms with Crippen LogP contribution in [-0.4, -0.2) is 73.3 Å². The van der Waals surface area contributed by atoms with Crippen molar-refractivity contribution in [2.75, 3.05) is 52.5 Å². The molecule has 2 fully saturated rings. The van der Waals surface area contributed by atoms with Crippen LogP contribution >= 0.6 is 0 Å². The number of nitrogens with zero attached hydrogens (tertiary/aromatic N) is 3. The number of pyridine rings is 3. The van der Waals surface area contributed by atoms with Crippen LogP contribution in [0.4, 0.5) is 10.2 Å². The number of amides is 1. The lowest BCUT2D eigenvalue weighted by Gasteiger charge is -2.23. The van der Waals surface area contributed by atoms with Crippen LogP contribution < -0.4 is 26.4 Å². The summed E-state index contributed by atoms with van der Waals surface area (Å²) in [5, 5.41) is 0. The molecule has 280 valence electrons. The van der Waals surface area contributed by atoms with Crippen LogP contribution in [0.1, 0.15) is 28.8 Å². The minimum Gasteiger partial charge on any atom is -0.493 e. The van der Waals surface area contributed by atoms with Gasteiger partial charge in [0.15, 0.2) is 11.5 Å². The first-order valence-corrected chi connectivity index (χ1v) is 17.8. The van der Waals surface area contributed by atoms with Crippen LogP contribution in [0.5, 0.6) is 11.5 Å². The van der Waals surface area contributed by atoms with Gasteiger partial charge in [0.05, 0.1) is 38.2 Å². The summed E-state index contributed by atoms with van der Waals surface area (Å²) in [5.74, 6) is 0.132. The number of anilines is 1. The zero-order valence-corrected chi connectivity index (χ0v) is 30.2. The first-order chi connectivity index (χ1) is 26.2. The van der Waals surface area contributed by atoms with Gasteiger partial charge in [-0.2, -0.15) is 0 Å². The molecule has 2 aromatic carbocycles. The fraction of sp³-hybridized carbons (Fsp3) is 0.317. The number of aryl methyl sites for hydroxylation is 1. The highest BCUT2D eigenvalue weighted by Gasteiger charge is 2.22. The number of hydrogen-bond donors (Lipinski definition) is 2. The highest BCUT2D eigenvalue weighted by Crippen LogP contribution is 2.38. The first-order valence-electron chi connectivity index (χ1n) is 17.8. The van der Waals surface area contributed by atoms with Gasteiger partial charge in [-0.25, -0.2) is 9.37 Å². The normalized spacial score (nSPS) is 16.2. The summed E-state index contributed by atoms with van der Waals surface area (Å²) >= 11 is 0. The molecule has 0 bridgehead atoms. The Morgan fingerprint density at radius 3 is 2.44 bits per heavy atom. The van der Waals surface area contributed by atoms with Gasteiger partial charge in [0.2, 0.25) is 5.43 Å². The summed E-state index contributed by atoms with van der Waals surface area (Å²) in [5.41, 5.74) is 15.7. The predicted octanol–water partition coefficient (Wildman–Crippen LogP) is 5.66. The molecule has 0 unspecified atom stereocenters. The first kappa shape index (κ1) is 36.7. The largest absolute Gasteiger partial charge is 0.493 e. The highest BCUT2D eigenvalue weighted by atomic mass is 19.1. The van der Waals surface area contributed by atoms with Crippen LogP contribution in [0.25, 0.3) is 44.6 Å². The number of primary amides is 1. The summed E-state index contributed by atoms with van der Waals surface area (Å²) < 4.78 is 46.3. The van der Waals surface area contributed by atoms with Gasteiger partial charge in [-0.3, -0.25) is 14.6 Å². The molecule has 2 saturated heterocycles. The van der Waals surface area contributed by atoms with Crippen LogP contribution in [0.15, 0.2) is 78.1 Å². The maximum absolute atomic E-state index is 16.3. The van der Waals surface area contributed by atoms with Crippen molar-refractivity contribution in [1.29, 1.82) is 0 Å². The minimum absolute atomic E-state index is 0.138. The fourth-order valence-electron chi connectivity index (χ4n) is 6.84. The second-order valence-corrected chi connectivity index (χ2v) is 13.5. The Hall–Kier alpha value is -5.63. The van der Waals surface area contributed by atoms with Crippen LogP contribution in [0, 0.1) is 18.7 Å². The number of rotatable bonds is 11. The zero-order chi connectivity index (χ0) is 37.8. The van der Waals surface area contributed by atoms with E-state index in [1.807, 2.05) is 29.7 Å². The molecule has 7 rings (SSSR count). The van der Waals surface area contributed by atoms with Crippen molar-refractivity contribution in [3.8, 4) is 56.1 Å². The number of halogens is 1. The van der Waals surface area contributed by atoms with Gasteiger partial charge in [0, 0.05) is 66.8 Å². The Bertz CT molecular complexity index is 2230. The van der Waals surface area contributed by atoms with E-state index in [-0.39, 0.29) is 28.6 Å². The molecular formula is C41H42FN5O7. The van der Waals surface area contributed by atoms with Crippen LogP contribution in [0.3, 0.4) is 0 Å². The predicted molar refractivity (Wildman–Crippen MR) is 202 cm³/mol. The molecule has 0 spiro atoms. The van der Waals surface area contributed by atoms with Gasteiger partial charge in [0.1, 0.15) is 29.9 Å². The Kier molecular flexibility index (Phi) is 11.0. The molecule has 2 aliphatic rings. The summed E-state index contributed by atoms with van der Waals surface area (Å²) in [6.07, 6.45) is 8.00. The van der Waals surface area contributed by atoms with Crippen molar-refractivity contribution < 1.29 is 32.9 Å². The Morgan fingerprint density at radius 1 is 0.889 bits per heavy atom. The van der Waals surface area contributed by atoms with Crippen molar-refractivity contribution in [2.24, 2.45) is 11.7 Å². The third-order valence-electron chi connectivity index (χ3n) is 9.73. The van der Waals surface area contributed by atoms with Crippen molar-refractivity contribution in [3.05, 3.63) is 100 Å². The number of nitrogens with two attached hydrogens (primary N) is 2. The van der Waals surface area contributed by atoms with Crippen molar-refractivity contribution >= 4 is 11.7 Å². The van der Waals surface area contributed by atoms with Crippen molar-refractivity contribution in [1.82, 2.24) is 14.5 Å². The van der Waals surface area contributed by atoms with E-state index in [0.29, 0.717) is 91.6 Å². The van der Waals surface area contributed by atoms with Gasteiger partial charge >= 0.3 is 0 Å². The molecule has 0 saturated carbocycles. The molecule has 5 heterocycles. The quantitative estimate of drug-likeness (QED) is 0.173. The number of nitrogen functional groups attached to an aromatic ring is 1. The lowest BCUT2D eigenvalue weighted by molar-refractivity contribution is -0.101. The molecule has 0 aliphatic carbocycles. The second kappa shape index (κ2) is 16.2. The summed E-state index contributed by atoms with van der Waals surface area (Å²) in [4.78, 5) is 35.1. The third kappa shape index (κ3) is 7.98. The lowest BCUT2D eigenvalue weighted by Crippen LogP contribution is -2.33. The SMILES string of the molecule is COc1cc(-c2cnc(N)c(-c3ccc(-c4cc(C)cnc4-c4cn(CC5CCOCC5)cc(C(N)=O)c4=O)cc3F)c2)ccc1OC[C@H]1COCCO1. The van der Waals surface area contributed by atoms with Gasteiger partial charge < -0.3 is 39.7 Å². The van der Waals surface area contributed by atoms with E-state index in [2.05, 4.69) is 9.97 Å². The monoisotopic (exact) mass is 735 g/mol. The van der Waals surface area contributed by atoms with Gasteiger partial charge in [-0.15, -0.1) is 0 Å². The number of benzene rings is 2. The van der Waals surface area contributed by atoms with E-state index >= 15 is 4.39 Å². The van der Waals surface area contributed by atoms with Crippen molar-refractivity contribution in [2.45, 2.75) is 32.4 Å². The van der Waals surface area contributed by atoms with Gasteiger partial charge in [-0.05, 0) is 72.7 Å². The van der Waals surface area contributed by atoms with Crippen molar-refractivity contribution in [3.63, 3.8) is 0 Å². The summed E-state index contributed by atoms with van der Waals surface area (Å²) in [6, 6.07) is 13.9. The lowest BCUT2D eigenvalue weighted by atomic mass is 9.94. The fourth-order valence-corrected chi connectivity index (χ4v) is 6.84. The smallest absolute Gasteiger partial charge is 0.254 e. The number of carbonyl (C=O) groups excluding carboxylic acids is 1. The standard InChI is InChI=1S/C41H42FN5O7/c1-24-13-31(38(45-17-24)33-20-47(19-25-7-9-51-10-8-25)21-34(39(33)48)41(44)49)27-3-5-30(35(42)15-27)32-14-28(18-46-40(32)43)26-4-6-36(37(16-26)50-2)54-23-29-22-52-11-12-53-29/h3-6,13-18,20-21,25,29H,7-12,19,22-23H2,1-2H3,(H2,43,46)(H2,44,49)/t29-/m1/s1. The molecule has 54 heavy (non-hydrogen) atoms. The molecular weight excluding hydrogens is 693 g/mol. The number of hydrogen-bond acceptors (Lipinski definition) is 10. The Balaban J connectivity index is 1.20. The number of carbonyl (C=O) groups is 1. The molecule has 1 amide bonds. The van der Waals surface area contributed by atoms with Gasteiger partial charge in [-0.1, -0.05) is 18.2 Å². The average Bonchev–Trinajstić information content (AvgIpc) is 3.18. The van der Waals surface area contributed by atoms with Crippen LogP contribution in [0.2, 0.25) is 0 Å². The maximum atomic E-state index is 16.3. The Morgan fingerprint density at radius 2 is 1.70 bits per heavy atom. The van der Waals surface area contributed by atoms with E-state index in [1.54, 1.807) is 50.0 Å². The minimum atomic E-state index is -0.830. The molecule has 3 aromatic heterocycles. The summed E-state index contributed by atoms with van der Waals surface area (Å²) in [7, 11) is 1.56. The highest BCUT2D eigenvalue weighted by molar-refractivity contribution is 5.94. The Labute approximate surface area is 311 Å². The van der Waals surface area contributed by atoms with Crippen LogP contribution in [-0.2, 0) is 20.8 Å². The average molecular weight is 736 g/mol. The molecule has 13 heteroatoms. The number of aromatic nitrogens is 3. The molecule has 0 radical (unpaired) electrons.